The van der Waals surface area contributed by atoms with Crippen molar-refractivity contribution in [2.75, 3.05) is 11.6 Å². The molecule has 0 spiro atoms. The number of hydrogen-bond acceptors (Lipinski definition) is 4. The first kappa shape index (κ1) is 17.3. The highest BCUT2D eigenvalue weighted by atomic mass is 15.3. The van der Waals surface area contributed by atoms with E-state index in [1.54, 1.807) is 11.0 Å². The van der Waals surface area contributed by atoms with Crippen molar-refractivity contribution in [1.29, 1.82) is 0 Å². The lowest BCUT2D eigenvalue weighted by atomic mass is 9.88. The van der Waals surface area contributed by atoms with E-state index in [4.69, 9.17) is 11.6 Å². The monoisotopic (exact) mass is 359 g/mol. The van der Waals surface area contributed by atoms with Crippen LogP contribution in [0, 0.1) is 0 Å². The van der Waals surface area contributed by atoms with Crippen LogP contribution in [0.15, 0.2) is 48.8 Å². The average molecular weight is 359 g/mol. The molecular weight excluding hydrogens is 334 g/mol. The molecule has 0 bridgehead atoms. The van der Waals surface area contributed by atoms with E-state index in [1.807, 2.05) is 0 Å². The van der Waals surface area contributed by atoms with E-state index < -0.39 is 0 Å². The van der Waals surface area contributed by atoms with Crippen LogP contribution in [0.5, 0.6) is 0 Å². The lowest BCUT2D eigenvalue weighted by molar-refractivity contribution is 0.755. The first-order chi connectivity index (χ1) is 13.0. The number of nitrogens with zero attached hydrogens (tertiary/aromatic N) is 3. The van der Waals surface area contributed by atoms with Gasteiger partial charge >= 0.3 is 0 Å². The smallest absolute Gasteiger partial charge is 0.152 e. The summed E-state index contributed by atoms with van der Waals surface area (Å²) in [5, 5.41) is 1.05. The molecule has 5 heteroatoms. The molecule has 1 unspecified atom stereocenters. The van der Waals surface area contributed by atoms with Crippen molar-refractivity contribution in [2.24, 2.45) is 0 Å². The minimum absolute atomic E-state index is 0.333. The zero-order valence-electron chi connectivity index (χ0n) is 16.0. The highest BCUT2D eigenvalue weighted by molar-refractivity contribution is 6.08. The minimum Gasteiger partial charge on any atom is -0.382 e. The molecule has 4 rings (SSSR count). The first-order valence-electron chi connectivity index (χ1n) is 9.34. The first-order valence-corrected chi connectivity index (χ1v) is 9.34. The molecule has 0 saturated carbocycles. The third kappa shape index (κ3) is 2.99. The van der Waals surface area contributed by atoms with Crippen molar-refractivity contribution in [3.8, 4) is 0 Å². The predicted octanol–water partition coefficient (Wildman–Crippen LogP) is 4.35. The Morgan fingerprint density at radius 3 is 2.52 bits per heavy atom. The number of aromatic nitrogens is 3. The Morgan fingerprint density at radius 2 is 1.81 bits per heavy atom. The van der Waals surface area contributed by atoms with Gasteiger partial charge in [0.2, 0.25) is 0 Å². The molecule has 0 amide bonds. The summed E-state index contributed by atoms with van der Waals surface area (Å²) in [6.45, 7) is 6.65. The molecule has 0 aliphatic carbocycles. The summed E-state index contributed by atoms with van der Waals surface area (Å²) in [6.07, 6.45) is 2.58. The minimum atomic E-state index is 0.333. The molecular formula is C22H25N5. The molecule has 0 fully saturated rings. The Kier molecular flexibility index (Phi) is 4.22. The van der Waals surface area contributed by atoms with E-state index in [-0.39, 0.29) is 0 Å². The van der Waals surface area contributed by atoms with E-state index in [9.17, 15) is 0 Å². The highest BCUT2D eigenvalue weighted by Crippen LogP contribution is 2.35. The van der Waals surface area contributed by atoms with Crippen LogP contribution in [0.2, 0.25) is 0 Å². The van der Waals surface area contributed by atoms with Gasteiger partial charge in [-0.1, -0.05) is 57.2 Å². The topological polar surface area (TPSA) is 82.8 Å². The van der Waals surface area contributed by atoms with Gasteiger partial charge in [-0.15, -0.1) is 0 Å². The summed E-state index contributed by atoms with van der Waals surface area (Å²) in [5.41, 5.74) is 12.4. The number of pyridine rings is 1. The maximum atomic E-state index is 6.17. The second-order valence-electron chi connectivity index (χ2n) is 7.60. The number of hydrogen-bond donors (Lipinski definition) is 2. The number of rotatable bonds is 4. The van der Waals surface area contributed by atoms with Gasteiger partial charge in [0.15, 0.2) is 5.82 Å². The van der Waals surface area contributed by atoms with Gasteiger partial charge in [0.05, 0.1) is 5.52 Å². The van der Waals surface area contributed by atoms with Crippen molar-refractivity contribution >= 4 is 27.8 Å². The number of nitrogens with two attached hydrogens (primary N) is 2. The molecule has 0 radical (unpaired) electrons. The predicted molar refractivity (Wildman–Crippen MR) is 112 cm³/mol. The fourth-order valence-corrected chi connectivity index (χ4v) is 3.82. The van der Waals surface area contributed by atoms with Crippen LogP contribution < -0.4 is 11.6 Å². The molecule has 1 atom stereocenters. The van der Waals surface area contributed by atoms with Crippen molar-refractivity contribution in [1.82, 2.24) is 14.6 Å². The summed E-state index contributed by atoms with van der Waals surface area (Å²) >= 11 is 0. The van der Waals surface area contributed by atoms with E-state index >= 15 is 0 Å². The van der Waals surface area contributed by atoms with Crippen LogP contribution in [0.4, 0.5) is 5.82 Å². The molecule has 5 nitrogen and oxygen atoms in total. The van der Waals surface area contributed by atoms with Crippen LogP contribution in [-0.2, 0) is 6.42 Å². The fourth-order valence-electron chi connectivity index (χ4n) is 3.82. The van der Waals surface area contributed by atoms with Crippen molar-refractivity contribution in [3.63, 3.8) is 0 Å². The molecule has 0 saturated heterocycles. The third-order valence-electron chi connectivity index (χ3n) is 5.26. The van der Waals surface area contributed by atoms with Crippen molar-refractivity contribution < 1.29 is 0 Å². The molecule has 2 heterocycles. The second-order valence-corrected chi connectivity index (χ2v) is 7.60. The molecule has 2 aromatic heterocycles. The lowest BCUT2D eigenvalue weighted by Crippen LogP contribution is -2.08. The average Bonchev–Trinajstić information content (AvgIpc) is 3.04. The SMILES string of the molecule is CC(C)c1cc(C(C)Cc2ccccc2)cc2nc(N)c3ncn(N)c3c12. The Hall–Kier alpha value is -3.08. The summed E-state index contributed by atoms with van der Waals surface area (Å²) in [4.78, 5) is 8.99. The van der Waals surface area contributed by atoms with Crippen molar-refractivity contribution in [2.45, 2.75) is 39.0 Å². The van der Waals surface area contributed by atoms with Gasteiger partial charge in [-0.3, -0.25) is 0 Å². The Morgan fingerprint density at radius 1 is 1.07 bits per heavy atom. The summed E-state index contributed by atoms with van der Waals surface area (Å²) in [5.74, 6) is 7.28. The largest absolute Gasteiger partial charge is 0.382 e. The third-order valence-corrected chi connectivity index (χ3v) is 5.26. The summed E-state index contributed by atoms with van der Waals surface area (Å²) < 4.78 is 1.55. The highest BCUT2D eigenvalue weighted by Gasteiger charge is 2.19. The van der Waals surface area contributed by atoms with Gasteiger partial charge in [0.1, 0.15) is 17.4 Å². The van der Waals surface area contributed by atoms with Gasteiger partial charge in [-0.25, -0.2) is 14.6 Å². The molecule has 0 aliphatic rings. The zero-order valence-corrected chi connectivity index (χ0v) is 16.0. The summed E-state index contributed by atoms with van der Waals surface area (Å²) in [6, 6.07) is 15.0. The summed E-state index contributed by atoms with van der Waals surface area (Å²) in [7, 11) is 0. The van der Waals surface area contributed by atoms with Gasteiger partial charge in [0, 0.05) is 5.39 Å². The maximum absolute atomic E-state index is 6.17. The fraction of sp³-hybridized carbons (Fsp3) is 0.273. The second kappa shape index (κ2) is 6.58. The Bertz CT molecular complexity index is 1110. The van der Waals surface area contributed by atoms with Crippen molar-refractivity contribution in [3.05, 3.63) is 65.5 Å². The number of nitrogen functional groups attached to an aromatic ring is 2. The van der Waals surface area contributed by atoms with Crippen LogP contribution in [-0.4, -0.2) is 14.6 Å². The van der Waals surface area contributed by atoms with E-state index in [1.165, 1.54) is 16.7 Å². The van der Waals surface area contributed by atoms with E-state index in [0.717, 1.165) is 22.8 Å². The molecule has 4 aromatic rings. The Balaban J connectivity index is 1.91. The number of anilines is 1. The van der Waals surface area contributed by atoms with Gasteiger partial charge in [-0.2, -0.15) is 0 Å². The molecule has 2 aromatic carbocycles. The normalized spacial score (nSPS) is 12.9. The maximum Gasteiger partial charge on any atom is 0.152 e. The van der Waals surface area contributed by atoms with Gasteiger partial charge in [-0.05, 0) is 41.0 Å². The molecule has 27 heavy (non-hydrogen) atoms. The van der Waals surface area contributed by atoms with E-state index in [0.29, 0.717) is 23.2 Å². The number of imidazole rings is 1. The van der Waals surface area contributed by atoms with Crippen LogP contribution in [0.25, 0.3) is 21.9 Å². The lowest BCUT2D eigenvalue weighted by Gasteiger charge is -2.18. The number of benzene rings is 2. The number of fused-ring (bicyclic) bond motifs is 3. The zero-order chi connectivity index (χ0) is 19.1. The molecule has 4 N–H and O–H groups in total. The molecule has 138 valence electrons. The van der Waals surface area contributed by atoms with Crippen LogP contribution in [0.1, 0.15) is 49.3 Å². The van der Waals surface area contributed by atoms with E-state index in [2.05, 4.69) is 73.2 Å². The van der Waals surface area contributed by atoms with Gasteiger partial charge in [0.25, 0.3) is 0 Å². The van der Waals surface area contributed by atoms with Crippen LogP contribution in [0.3, 0.4) is 0 Å². The Labute approximate surface area is 159 Å². The van der Waals surface area contributed by atoms with Crippen LogP contribution >= 0.6 is 0 Å². The molecule has 0 aliphatic heterocycles. The quantitative estimate of drug-likeness (QED) is 0.531. The standard InChI is InChI=1S/C22H25N5/c1-13(2)17-10-16(14(3)9-15-7-5-4-6-8-15)11-18-19(17)21-20(22(23)26-18)25-12-27(21)24/h4-8,10-14H,9,24H2,1-3H3,(H2,23,26). The van der Waals surface area contributed by atoms with Gasteiger partial charge < -0.3 is 11.6 Å².